The van der Waals surface area contributed by atoms with Gasteiger partial charge in [-0.1, -0.05) is 25.7 Å². The first-order valence-corrected chi connectivity index (χ1v) is 7.70. The Morgan fingerprint density at radius 2 is 2.14 bits per heavy atom. The van der Waals surface area contributed by atoms with Crippen LogP contribution in [0.4, 0.5) is 0 Å². The lowest BCUT2D eigenvalue weighted by Gasteiger charge is -2.12. The van der Waals surface area contributed by atoms with Crippen LogP contribution >= 0.6 is 0 Å². The summed E-state index contributed by atoms with van der Waals surface area (Å²) in [6, 6.07) is -0.192. The van der Waals surface area contributed by atoms with E-state index >= 15 is 0 Å². The third kappa shape index (κ3) is 5.21. The van der Waals surface area contributed by atoms with Gasteiger partial charge in [-0.25, -0.2) is 4.98 Å². The van der Waals surface area contributed by atoms with Crippen molar-refractivity contribution in [3.8, 4) is 0 Å². The zero-order chi connectivity index (χ0) is 15.1. The Kier molecular flexibility index (Phi) is 5.78. The topological polar surface area (TPSA) is 86.9 Å². The van der Waals surface area contributed by atoms with Crippen molar-refractivity contribution >= 4 is 11.8 Å². The summed E-state index contributed by atoms with van der Waals surface area (Å²) in [5.74, 6) is 1.16. The standard InChI is InChI=1S/C15H24N4O2/c1-11(15-16-8-9-17-15)19-14(21)10-18-13(20)7-6-12-4-2-3-5-12/h8-9,11-12H,2-7,10H2,1H3,(H,16,17)(H,18,20)(H,19,21)/t11-/m0/s1. The molecule has 0 bridgehead atoms. The second-order valence-electron chi connectivity index (χ2n) is 5.73. The molecule has 0 saturated heterocycles. The molecule has 0 radical (unpaired) electrons. The number of carbonyl (C=O) groups excluding carboxylic acids is 2. The van der Waals surface area contributed by atoms with Crippen LogP contribution in [0.3, 0.4) is 0 Å². The maximum atomic E-state index is 11.7. The molecule has 21 heavy (non-hydrogen) atoms. The predicted octanol–water partition coefficient (Wildman–Crippen LogP) is 1.67. The van der Waals surface area contributed by atoms with Crippen LogP contribution in [-0.4, -0.2) is 28.3 Å². The molecule has 0 unspecified atom stereocenters. The quantitative estimate of drug-likeness (QED) is 0.714. The minimum Gasteiger partial charge on any atom is -0.347 e. The molecule has 1 aliphatic rings. The van der Waals surface area contributed by atoms with Gasteiger partial charge in [0.2, 0.25) is 11.8 Å². The highest BCUT2D eigenvalue weighted by Crippen LogP contribution is 2.28. The van der Waals surface area contributed by atoms with Crippen LogP contribution in [0.2, 0.25) is 0 Å². The van der Waals surface area contributed by atoms with Crippen molar-refractivity contribution in [2.24, 2.45) is 5.92 Å². The zero-order valence-electron chi connectivity index (χ0n) is 12.5. The lowest BCUT2D eigenvalue weighted by Crippen LogP contribution is -2.38. The van der Waals surface area contributed by atoms with E-state index in [1.54, 1.807) is 12.4 Å². The van der Waals surface area contributed by atoms with Gasteiger partial charge in [-0.2, -0.15) is 0 Å². The lowest BCUT2D eigenvalue weighted by molar-refractivity contribution is -0.126. The number of rotatable bonds is 7. The number of hydrogen-bond donors (Lipinski definition) is 3. The van der Waals surface area contributed by atoms with Gasteiger partial charge in [-0.05, 0) is 19.3 Å². The van der Waals surface area contributed by atoms with Gasteiger partial charge in [0.05, 0.1) is 12.6 Å². The van der Waals surface area contributed by atoms with Crippen molar-refractivity contribution in [1.82, 2.24) is 20.6 Å². The fourth-order valence-electron chi connectivity index (χ4n) is 2.78. The molecule has 0 aliphatic heterocycles. The van der Waals surface area contributed by atoms with E-state index in [0.29, 0.717) is 18.2 Å². The van der Waals surface area contributed by atoms with Gasteiger partial charge in [-0.3, -0.25) is 9.59 Å². The van der Waals surface area contributed by atoms with E-state index in [1.807, 2.05) is 6.92 Å². The number of nitrogens with zero attached hydrogens (tertiary/aromatic N) is 1. The smallest absolute Gasteiger partial charge is 0.239 e. The Labute approximate surface area is 125 Å². The normalized spacial score (nSPS) is 16.6. The van der Waals surface area contributed by atoms with Crippen molar-refractivity contribution < 1.29 is 9.59 Å². The second kappa shape index (κ2) is 7.81. The van der Waals surface area contributed by atoms with Crippen LogP contribution in [0, 0.1) is 5.92 Å². The summed E-state index contributed by atoms with van der Waals surface area (Å²) in [6.07, 6.45) is 9.88. The SMILES string of the molecule is C[C@H](NC(=O)CNC(=O)CCC1CCCC1)c1ncc[nH]1. The average molecular weight is 292 g/mol. The summed E-state index contributed by atoms with van der Waals surface area (Å²) >= 11 is 0. The van der Waals surface area contributed by atoms with E-state index in [0.717, 1.165) is 6.42 Å². The van der Waals surface area contributed by atoms with E-state index in [9.17, 15) is 9.59 Å². The Hall–Kier alpha value is -1.85. The summed E-state index contributed by atoms with van der Waals surface area (Å²) in [6.45, 7) is 1.87. The second-order valence-corrected chi connectivity index (χ2v) is 5.73. The molecule has 1 aliphatic carbocycles. The molecular weight excluding hydrogens is 268 g/mol. The van der Waals surface area contributed by atoms with Crippen molar-refractivity contribution in [3.63, 3.8) is 0 Å². The summed E-state index contributed by atoms with van der Waals surface area (Å²) in [7, 11) is 0. The number of nitrogens with one attached hydrogen (secondary N) is 3. The summed E-state index contributed by atoms with van der Waals surface area (Å²) in [4.78, 5) is 30.5. The van der Waals surface area contributed by atoms with Gasteiger partial charge >= 0.3 is 0 Å². The van der Waals surface area contributed by atoms with Gasteiger partial charge in [0.15, 0.2) is 0 Å². The van der Waals surface area contributed by atoms with E-state index in [2.05, 4.69) is 20.6 Å². The Morgan fingerprint density at radius 1 is 1.38 bits per heavy atom. The van der Waals surface area contributed by atoms with Gasteiger partial charge in [0.25, 0.3) is 0 Å². The van der Waals surface area contributed by atoms with E-state index in [4.69, 9.17) is 0 Å². The molecule has 3 N–H and O–H groups in total. The molecule has 1 saturated carbocycles. The van der Waals surface area contributed by atoms with Crippen LogP contribution in [0.15, 0.2) is 12.4 Å². The van der Waals surface area contributed by atoms with Crippen molar-refractivity contribution in [2.75, 3.05) is 6.54 Å². The zero-order valence-corrected chi connectivity index (χ0v) is 12.5. The number of carbonyl (C=O) groups is 2. The molecule has 6 heteroatoms. The van der Waals surface area contributed by atoms with Crippen molar-refractivity contribution in [3.05, 3.63) is 18.2 Å². The van der Waals surface area contributed by atoms with Crippen molar-refractivity contribution in [2.45, 2.75) is 51.5 Å². The van der Waals surface area contributed by atoms with Crippen LogP contribution in [0.1, 0.15) is 57.3 Å². The molecule has 6 nitrogen and oxygen atoms in total. The minimum atomic E-state index is -0.201. The molecule has 116 valence electrons. The Bertz CT molecular complexity index is 452. The highest BCUT2D eigenvalue weighted by Gasteiger charge is 2.17. The van der Waals surface area contributed by atoms with Crippen molar-refractivity contribution in [1.29, 1.82) is 0 Å². The molecule has 0 spiro atoms. The number of imidazole rings is 1. The van der Waals surface area contributed by atoms with Crippen LogP contribution < -0.4 is 10.6 Å². The lowest BCUT2D eigenvalue weighted by atomic mass is 10.0. The molecule has 2 rings (SSSR count). The van der Waals surface area contributed by atoms with E-state index in [1.165, 1.54) is 25.7 Å². The molecule has 1 aromatic heterocycles. The highest BCUT2D eigenvalue weighted by molar-refractivity contribution is 5.84. The molecular formula is C15H24N4O2. The summed E-state index contributed by atoms with van der Waals surface area (Å²) in [5, 5.41) is 5.46. The fraction of sp³-hybridized carbons (Fsp3) is 0.667. The van der Waals surface area contributed by atoms with Gasteiger partial charge in [0, 0.05) is 18.8 Å². The average Bonchev–Trinajstić information content (AvgIpc) is 3.15. The number of amides is 2. The molecule has 1 atom stereocenters. The number of aromatic nitrogens is 2. The summed E-state index contributed by atoms with van der Waals surface area (Å²) in [5.41, 5.74) is 0. The fourth-order valence-corrected chi connectivity index (χ4v) is 2.78. The van der Waals surface area contributed by atoms with Crippen LogP contribution in [0.5, 0.6) is 0 Å². The number of H-pyrrole nitrogens is 1. The van der Waals surface area contributed by atoms with Crippen LogP contribution in [0.25, 0.3) is 0 Å². The predicted molar refractivity (Wildman–Crippen MR) is 79.3 cm³/mol. The largest absolute Gasteiger partial charge is 0.347 e. The number of aromatic amines is 1. The number of hydrogen-bond acceptors (Lipinski definition) is 3. The highest BCUT2D eigenvalue weighted by atomic mass is 16.2. The first-order chi connectivity index (χ1) is 10.1. The Morgan fingerprint density at radius 3 is 2.81 bits per heavy atom. The molecule has 1 fully saturated rings. The summed E-state index contributed by atoms with van der Waals surface area (Å²) < 4.78 is 0. The maximum Gasteiger partial charge on any atom is 0.239 e. The first-order valence-electron chi connectivity index (χ1n) is 7.70. The monoisotopic (exact) mass is 292 g/mol. The van der Waals surface area contributed by atoms with Gasteiger partial charge in [-0.15, -0.1) is 0 Å². The third-order valence-corrected chi connectivity index (χ3v) is 4.01. The third-order valence-electron chi connectivity index (χ3n) is 4.01. The van der Waals surface area contributed by atoms with Gasteiger partial charge in [0.1, 0.15) is 5.82 Å². The molecule has 1 aromatic rings. The minimum absolute atomic E-state index is 0.0224. The molecule has 2 amide bonds. The van der Waals surface area contributed by atoms with E-state index in [-0.39, 0.29) is 24.4 Å². The maximum absolute atomic E-state index is 11.7. The molecule has 0 aromatic carbocycles. The first kappa shape index (κ1) is 15.5. The Balaban J connectivity index is 1.60. The van der Waals surface area contributed by atoms with E-state index < -0.39 is 0 Å². The van der Waals surface area contributed by atoms with Crippen LogP contribution in [-0.2, 0) is 9.59 Å². The molecule has 1 heterocycles. The van der Waals surface area contributed by atoms with Gasteiger partial charge < -0.3 is 15.6 Å².